The minimum atomic E-state index is -1.26. The van der Waals surface area contributed by atoms with Crippen molar-refractivity contribution in [2.75, 3.05) is 0 Å². The summed E-state index contributed by atoms with van der Waals surface area (Å²) in [5, 5.41) is 14.3. The van der Waals surface area contributed by atoms with Crippen LogP contribution in [0.4, 0.5) is 8.78 Å². The summed E-state index contributed by atoms with van der Waals surface area (Å²) in [7, 11) is 0. The normalized spacial score (nSPS) is 11.6. The first kappa shape index (κ1) is 18.0. The van der Waals surface area contributed by atoms with Gasteiger partial charge in [0.15, 0.2) is 0 Å². The van der Waals surface area contributed by atoms with Crippen LogP contribution in [0.1, 0.15) is 22.1 Å². The molecule has 3 rings (SSSR count). The first-order valence-electron chi connectivity index (χ1n) is 7.35. The summed E-state index contributed by atoms with van der Waals surface area (Å²) < 4.78 is 26.8. The van der Waals surface area contributed by atoms with Crippen LogP contribution in [0.25, 0.3) is 10.6 Å². The third-order valence-electron chi connectivity index (χ3n) is 3.49. The van der Waals surface area contributed by atoms with E-state index in [2.05, 4.69) is 10.3 Å². The maximum atomic E-state index is 13.8. The first-order chi connectivity index (χ1) is 12.5. The zero-order valence-electron chi connectivity index (χ0n) is 13.0. The maximum absolute atomic E-state index is 13.8. The molecule has 1 atom stereocenters. The first-order valence-corrected chi connectivity index (χ1v) is 8.60. The standard InChI is InChI=1S/C18H10ClF2N3OS/c19-11-3-1-2-10(6-11)18-24-16(9-26-18)17(25)23-15(8-22)13-5-4-12(20)7-14(13)21/h1-7,9,15H,(H,23,25). The van der Waals surface area contributed by atoms with Crippen LogP contribution in [-0.2, 0) is 0 Å². The SMILES string of the molecule is N#CC(NC(=O)c1csc(-c2cccc(Cl)c2)n1)c1ccc(F)cc1F. The number of nitriles is 1. The Morgan fingerprint density at radius 1 is 1.27 bits per heavy atom. The lowest BCUT2D eigenvalue weighted by atomic mass is 10.1. The van der Waals surface area contributed by atoms with Crippen LogP contribution in [0.2, 0.25) is 5.02 Å². The average molecular weight is 390 g/mol. The van der Waals surface area contributed by atoms with Crippen LogP contribution in [-0.4, -0.2) is 10.9 Å². The number of amides is 1. The number of thiazole rings is 1. The molecule has 0 fully saturated rings. The third kappa shape index (κ3) is 3.87. The van der Waals surface area contributed by atoms with E-state index >= 15 is 0 Å². The number of hydrogen-bond acceptors (Lipinski definition) is 4. The number of hydrogen-bond donors (Lipinski definition) is 1. The van der Waals surface area contributed by atoms with Crippen LogP contribution >= 0.6 is 22.9 Å². The van der Waals surface area contributed by atoms with Gasteiger partial charge in [-0.25, -0.2) is 13.8 Å². The largest absolute Gasteiger partial charge is 0.331 e. The zero-order chi connectivity index (χ0) is 18.7. The summed E-state index contributed by atoms with van der Waals surface area (Å²) in [5.41, 5.74) is 0.725. The zero-order valence-corrected chi connectivity index (χ0v) is 14.6. The summed E-state index contributed by atoms with van der Waals surface area (Å²) in [6, 6.07) is 10.3. The molecule has 1 N–H and O–H groups in total. The van der Waals surface area contributed by atoms with Gasteiger partial charge in [-0.15, -0.1) is 11.3 Å². The molecular weight excluding hydrogens is 380 g/mol. The molecule has 2 aromatic carbocycles. The van der Waals surface area contributed by atoms with E-state index in [0.29, 0.717) is 16.1 Å². The van der Waals surface area contributed by atoms with Crippen molar-refractivity contribution in [1.29, 1.82) is 5.26 Å². The molecule has 1 unspecified atom stereocenters. The van der Waals surface area contributed by atoms with Crippen molar-refractivity contribution in [2.24, 2.45) is 0 Å². The molecule has 0 radical (unpaired) electrons. The van der Waals surface area contributed by atoms with Gasteiger partial charge in [-0.3, -0.25) is 4.79 Å². The summed E-state index contributed by atoms with van der Waals surface area (Å²) in [5.74, 6) is -2.31. The smallest absolute Gasteiger partial charge is 0.272 e. The average Bonchev–Trinajstić information content (AvgIpc) is 3.10. The number of nitrogens with zero attached hydrogens (tertiary/aromatic N) is 2. The Kier molecular flexibility index (Phi) is 5.26. The highest BCUT2D eigenvalue weighted by Crippen LogP contribution is 2.26. The van der Waals surface area contributed by atoms with Gasteiger partial charge in [0.05, 0.1) is 6.07 Å². The van der Waals surface area contributed by atoms with E-state index in [1.807, 2.05) is 0 Å². The van der Waals surface area contributed by atoms with Crippen LogP contribution < -0.4 is 5.32 Å². The number of rotatable bonds is 4. The Balaban J connectivity index is 1.80. The van der Waals surface area contributed by atoms with Gasteiger partial charge < -0.3 is 5.32 Å². The fraction of sp³-hybridized carbons (Fsp3) is 0.0556. The predicted octanol–water partition coefficient (Wildman–Crippen LogP) is 4.74. The van der Waals surface area contributed by atoms with E-state index in [0.717, 1.165) is 17.7 Å². The van der Waals surface area contributed by atoms with E-state index in [9.17, 15) is 18.8 Å². The highest BCUT2D eigenvalue weighted by molar-refractivity contribution is 7.13. The number of nitrogens with one attached hydrogen (secondary N) is 1. The van der Waals surface area contributed by atoms with E-state index in [-0.39, 0.29) is 11.3 Å². The molecule has 0 bridgehead atoms. The van der Waals surface area contributed by atoms with Crippen molar-refractivity contribution in [1.82, 2.24) is 10.3 Å². The van der Waals surface area contributed by atoms with E-state index < -0.39 is 23.6 Å². The van der Waals surface area contributed by atoms with Crippen molar-refractivity contribution in [3.63, 3.8) is 0 Å². The number of benzene rings is 2. The molecule has 1 amide bonds. The molecule has 1 heterocycles. The number of halogens is 3. The number of carbonyl (C=O) groups excluding carboxylic acids is 1. The van der Waals surface area contributed by atoms with Crippen molar-refractivity contribution in [3.05, 3.63) is 75.8 Å². The monoisotopic (exact) mass is 389 g/mol. The molecule has 0 aliphatic heterocycles. The highest BCUT2D eigenvalue weighted by Gasteiger charge is 2.21. The Bertz CT molecular complexity index is 1020. The molecule has 0 saturated heterocycles. The van der Waals surface area contributed by atoms with Gasteiger partial charge in [0, 0.05) is 27.6 Å². The Morgan fingerprint density at radius 2 is 2.08 bits per heavy atom. The molecule has 0 aliphatic rings. The lowest BCUT2D eigenvalue weighted by molar-refractivity contribution is 0.0940. The molecular formula is C18H10ClF2N3OS. The summed E-state index contributed by atoms with van der Waals surface area (Å²) in [4.78, 5) is 16.6. The van der Waals surface area contributed by atoms with Gasteiger partial charge in [0.1, 0.15) is 28.4 Å². The summed E-state index contributed by atoms with van der Waals surface area (Å²) >= 11 is 7.18. The number of carbonyl (C=O) groups is 1. The predicted molar refractivity (Wildman–Crippen MR) is 94.7 cm³/mol. The van der Waals surface area contributed by atoms with Crippen LogP contribution in [0.15, 0.2) is 47.8 Å². The van der Waals surface area contributed by atoms with Gasteiger partial charge in [0.2, 0.25) is 0 Å². The maximum Gasteiger partial charge on any atom is 0.272 e. The van der Waals surface area contributed by atoms with Crippen LogP contribution in [0.5, 0.6) is 0 Å². The third-order valence-corrected chi connectivity index (χ3v) is 4.61. The highest BCUT2D eigenvalue weighted by atomic mass is 35.5. The van der Waals surface area contributed by atoms with Gasteiger partial charge in [-0.05, 0) is 18.2 Å². The Hall–Kier alpha value is -2.82. The van der Waals surface area contributed by atoms with Crippen LogP contribution in [0, 0.1) is 23.0 Å². The van der Waals surface area contributed by atoms with Crippen molar-refractivity contribution in [2.45, 2.75) is 6.04 Å². The van der Waals surface area contributed by atoms with Crippen LogP contribution in [0.3, 0.4) is 0 Å². The Morgan fingerprint density at radius 3 is 2.77 bits per heavy atom. The molecule has 26 heavy (non-hydrogen) atoms. The second-order valence-corrected chi connectivity index (χ2v) is 6.54. The summed E-state index contributed by atoms with van der Waals surface area (Å²) in [6.07, 6.45) is 0. The topological polar surface area (TPSA) is 65.8 Å². The van der Waals surface area contributed by atoms with Gasteiger partial charge in [0.25, 0.3) is 5.91 Å². The quantitative estimate of drug-likeness (QED) is 0.701. The lowest BCUT2D eigenvalue weighted by Crippen LogP contribution is -2.28. The van der Waals surface area contributed by atoms with E-state index in [4.69, 9.17) is 11.6 Å². The number of aromatic nitrogens is 1. The fourth-order valence-corrected chi connectivity index (χ4v) is 3.24. The van der Waals surface area contributed by atoms with Gasteiger partial charge >= 0.3 is 0 Å². The second-order valence-electron chi connectivity index (χ2n) is 5.25. The minimum absolute atomic E-state index is 0.0905. The fourth-order valence-electron chi connectivity index (χ4n) is 2.25. The molecule has 1 aromatic heterocycles. The Labute approximate surface area is 156 Å². The molecule has 130 valence electrons. The summed E-state index contributed by atoms with van der Waals surface area (Å²) in [6.45, 7) is 0. The minimum Gasteiger partial charge on any atom is -0.331 e. The van der Waals surface area contributed by atoms with Gasteiger partial charge in [-0.1, -0.05) is 29.8 Å². The second kappa shape index (κ2) is 7.60. The molecule has 4 nitrogen and oxygen atoms in total. The molecule has 0 aliphatic carbocycles. The van der Waals surface area contributed by atoms with Gasteiger partial charge in [-0.2, -0.15) is 5.26 Å². The van der Waals surface area contributed by atoms with E-state index in [1.165, 1.54) is 16.7 Å². The molecule has 0 spiro atoms. The van der Waals surface area contributed by atoms with Crippen molar-refractivity contribution in [3.8, 4) is 16.6 Å². The van der Waals surface area contributed by atoms with Crippen molar-refractivity contribution >= 4 is 28.8 Å². The molecule has 0 saturated carbocycles. The lowest BCUT2D eigenvalue weighted by Gasteiger charge is -2.11. The van der Waals surface area contributed by atoms with Crippen molar-refractivity contribution < 1.29 is 13.6 Å². The molecule has 3 aromatic rings. The molecule has 8 heteroatoms. The van der Waals surface area contributed by atoms with E-state index in [1.54, 1.807) is 30.3 Å².